The number of carbonyl (C=O) groups excluding carboxylic acids is 1. The lowest BCUT2D eigenvalue weighted by Gasteiger charge is -2.03. The standard InChI is InChI=1S/C17H14ClN5O2/c1-2-3-12-8-14(24)23-16(20-12)13(9-19)15(22-23)17(25)21-11-6-4-10(18)5-7-11/h4-8,22H,2-3H2,1H3,(H,21,25). The van der Waals surface area contributed by atoms with E-state index in [2.05, 4.69) is 15.4 Å². The van der Waals surface area contributed by atoms with Crippen LogP contribution in [0.25, 0.3) is 5.65 Å². The molecule has 126 valence electrons. The molecular weight excluding hydrogens is 342 g/mol. The van der Waals surface area contributed by atoms with Crippen LogP contribution in [-0.2, 0) is 6.42 Å². The highest BCUT2D eigenvalue weighted by atomic mass is 35.5. The average molecular weight is 356 g/mol. The van der Waals surface area contributed by atoms with Gasteiger partial charge in [-0.25, -0.2) is 4.98 Å². The summed E-state index contributed by atoms with van der Waals surface area (Å²) in [7, 11) is 0. The van der Waals surface area contributed by atoms with E-state index in [1.165, 1.54) is 6.07 Å². The Balaban J connectivity index is 2.05. The Morgan fingerprint density at radius 2 is 2.12 bits per heavy atom. The third kappa shape index (κ3) is 3.25. The summed E-state index contributed by atoms with van der Waals surface area (Å²) in [5.74, 6) is -0.541. The molecule has 0 fully saturated rings. The number of hydrogen-bond donors (Lipinski definition) is 2. The van der Waals surface area contributed by atoms with E-state index < -0.39 is 5.91 Å². The second-order valence-corrected chi connectivity index (χ2v) is 5.87. The summed E-state index contributed by atoms with van der Waals surface area (Å²) in [4.78, 5) is 29.0. The first-order chi connectivity index (χ1) is 12.0. The number of aryl methyl sites for hydroxylation is 1. The summed E-state index contributed by atoms with van der Waals surface area (Å²) in [5.41, 5.74) is 0.906. The van der Waals surface area contributed by atoms with Crippen LogP contribution in [0.1, 0.15) is 35.1 Å². The van der Waals surface area contributed by atoms with Gasteiger partial charge in [-0.15, -0.1) is 0 Å². The molecule has 0 aliphatic carbocycles. The molecule has 25 heavy (non-hydrogen) atoms. The molecule has 0 saturated carbocycles. The number of amides is 1. The van der Waals surface area contributed by atoms with Gasteiger partial charge in [0.05, 0.1) is 0 Å². The van der Waals surface area contributed by atoms with Crippen molar-refractivity contribution < 1.29 is 4.79 Å². The van der Waals surface area contributed by atoms with Gasteiger partial charge in [0.15, 0.2) is 5.65 Å². The molecule has 7 nitrogen and oxygen atoms in total. The Bertz CT molecular complexity index is 1040. The highest BCUT2D eigenvalue weighted by Crippen LogP contribution is 2.17. The van der Waals surface area contributed by atoms with Gasteiger partial charge in [-0.2, -0.15) is 9.78 Å². The summed E-state index contributed by atoms with van der Waals surface area (Å²) >= 11 is 5.82. The minimum absolute atomic E-state index is 0.0179. The van der Waals surface area contributed by atoms with Crippen molar-refractivity contribution >= 4 is 28.8 Å². The van der Waals surface area contributed by atoms with E-state index in [-0.39, 0.29) is 22.5 Å². The largest absolute Gasteiger partial charge is 0.321 e. The van der Waals surface area contributed by atoms with E-state index in [9.17, 15) is 14.9 Å². The molecule has 0 aliphatic heterocycles. The van der Waals surface area contributed by atoms with Gasteiger partial charge < -0.3 is 5.32 Å². The van der Waals surface area contributed by atoms with Crippen molar-refractivity contribution in [1.29, 1.82) is 5.26 Å². The zero-order chi connectivity index (χ0) is 18.0. The quantitative estimate of drug-likeness (QED) is 0.750. The Morgan fingerprint density at radius 3 is 2.76 bits per heavy atom. The van der Waals surface area contributed by atoms with Crippen LogP contribution < -0.4 is 10.9 Å². The molecule has 0 saturated heterocycles. The van der Waals surface area contributed by atoms with Crippen LogP contribution >= 0.6 is 11.6 Å². The van der Waals surface area contributed by atoms with Crippen molar-refractivity contribution in [2.24, 2.45) is 0 Å². The molecule has 8 heteroatoms. The van der Waals surface area contributed by atoms with Crippen molar-refractivity contribution in [3.05, 3.63) is 62.7 Å². The number of halogens is 1. The molecule has 0 bridgehead atoms. The van der Waals surface area contributed by atoms with Gasteiger partial charge in [0.25, 0.3) is 11.5 Å². The highest BCUT2D eigenvalue weighted by molar-refractivity contribution is 6.30. The number of nitriles is 1. The van der Waals surface area contributed by atoms with Gasteiger partial charge in [0.1, 0.15) is 17.3 Å². The maximum absolute atomic E-state index is 12.5. The Labute approximate surface area is 147 Å². The molecule has 3 rings (SSSR count). The van der Waals surface area contributed by atoms with Crippen molar-refractivity contribution in [3.8, 4) is 6.07 Å². The van der Waals surface area contributed by atoms with Gasteiger partial charge >= 0.3 is 0 Å². The number of nitrogens with one attached hydrogen (secondary N) is 2. The van der Waals surface area contributed by atoms with Gasteiger partial charge in [0.2, 0.25) is 0 Å². The number of aromatic amines is 1. The van der Waals surface area contributed by atoms with Crippen LogP contribution in [0, 0.1) is 11.3 Å². The molecule has 2 aromatic heterocycles. The Morgan fingerprint density at radius 1 is 1.40 bits per heavy atom. The fourth-order valence-corrected chi connectivity index (χ4v) is 2.59. The molecule has 3 aromatic rings. The summed E-state index contributed by atoms with van der Waals surface area (Å²) < 4.78 is 1.11. The predicted octanol–water partition coefficient (Wildman–Crippen LogP) is 2.75. The van der Waals surface area contributed by atoms with E-state index in [0.29, 0.717) is 22.8 Å². The second kappa shape index (κ2) is 6.79. The lowest BCUT2D eigenvalue weighted by atomic mass is 10.2. The Kier molecular flexibility index (Phi) is 4.55. The van der Waals surface area contributed by atoms with Crippen molar-refractivity contribution in [1.82, 2.24) is 14.6 Å². The number of aromatic nitrogens is 3. The molecule has 2 N–H and O–H groups in total. The number of carbonyl (C=O) groups is 1. The first kappa shape index (κ1) is 16.7. The van der Waals surface area contributed by atoms with Gasteiger partial charge in [-0.3, -0.25) is 14.7 Å². The zero-order valence-electron chi connectivity index (χ0n) is 13.3. The first-order valence-corrected chi connectivity index (χ1v) is 8.03. The molecule has 1 amide bonds. The van der Waals surface area contributed by atoms with Crippen LogP contribution in [0.3, 0.4) is 0 Å². The fraction of sp³-hybridized carbons (Fsp3) is 0.176. The molecule has 2 heterocycles. The minimum atomic E-state index is -0.541. The number of anilines is 1. The number of hydrogen-bond acceptors (Lipinski definition) is 4. The minimum Gasteiger partial charge on any atom is -0.321 e. The van der Waals surface area contributed by atoms with Crippen molar-refractivity contribution in [3.63, 3.8) is 0 Å². The van der Waals surface area contributed by atoms with E-state index in [4.69, 9.17) is 11.6 Å². The van der Waals surface area contributed by atoms with Crippen LogP contribution in [0.5, 0.6) is 0 Å². The van der Waals surface area contributed by atoms with Gasteiger partial charge in [-0.05, 0) is 30.7 Å². The van der Waals surface area contributed by atoms with Gasteiger partial charge in [0, 0.05) is 22.5 Å². The third-order valence-electron chi connectivity index (χ3n) is 3.62. The van der Waals surface area contributed by atoms with Crippen molar-refractivity contribution in [2.75, 3.05) is 5.32 Å². The van der Waals surface area contributed by atoms with Crippen LogP contribution in [0.15, 0.2) is 35.1 Å². The number of benzene rings is 1. The summed E-state index contributed by atoms with van der Waals surface area (Å²) in [6.07, 6.45) is 1.44. The first-order valence-electron chi connectivity index (χ1n) is 7.65. The molecule has 0 radical (unpaired) electrons. The Hall–Kier alpha value is -3.11. The fourth-order valence-electron chi connectivity index (χ4n) is 2.47. The average Bonchev–Trinajstić information content (AvgIpc) is 2.96. The second-order valence-electron chi connectivity index (χ2n) is 5.43. The maximum atomic E-state index is 12.5. The van der Waals surface area contributed by atoms with E-state index in [0.717, 1.165) is 10.9 Å². The molecular formula is C17H14ClN5O2. The topological polar surface area (TPSA) is 103 Å². The van der Waals surface area contributed by atoms with Crippen molar-refractivity contribution in [2.45, 2.75) is 19.8 Å². The number of rotatable bonds is 4. The molecule has 0 atom stereocenters. The normalized spacial score (nSPS) is 10.6. The molecule has 0 unspecified atom stereocenters. The van der Waals surface area contributed by atoms with Gasteiger partial charge in [-0.1, -0.05) is 24.9 Å². The molecule has 0 aliphatic rings. The maximum Gasteiger partial charge on any atom is 0.275 e. The van der Waals surface area contributed by atoms with Crippen LogP contribution in [-0.4, -0.2) is 20.5 Å². The molecule has 1 aromatic carbocycles. The zero-order valence-corrected chi connectivity index (χ0v) is 14.1. The SMILES string of the molecule is CCCc1cc(=O)n2[nH]c(C(=O)Nc3ccc(Cl)cc3)c(C#N)c2n1. The monoisotopic (exact) mass is 355 g/mol. The van der Waals surface area contributed by atoms with E-state index in [1.807, 2.05) is 13.0 Å². The number of fused-ring (bicyclic) bond motifs is 1. The number of H-pyrrole nitrogens is 1. The summed E-state index contributed by atoms with van der Waals surface area (Å²) in [6.45, 7) is 1.97. The summed E-state index contributed by atoms with van der Waals surface area (Å²) in [6, 6.07) is 9.90. The predicted molar refractivity (Wildman–Crippen MR) is 93.9 cm³/mol. The molecule has 0 spiro atoms. The van der Waals surface area contributed by atoms with Crippen LogP contribution in [0.2, 0.25) is 5.02 Å². The number of nitrogens with zero attached hydrogens (tertiary/aromatic N) is 3. The third-order valence-corrected chi connectivity index (χ3v) is 3.87. The highest BCUT2D eigenvalue weighted by Gasteiger charge is 2.20. The van der Waals surface area contributed by atoms with E-state index in [1.54, 1.807) is 24.3 Å². The lowest BCUT2D eigenvalue weighted by Crippen LogP contribution is -2.17. The lowest BCUT2D eigenvalue weighted by molar-refractivity contribution is 0.102. The smallest absolute Gasteiger partial charge is 0.275 e. The summed E-state index contributed by atoms with van der Waals surface area (Å²) in [5, 5.41) is 15.3. The van der Waals surface area contributed by atoms with E-state index >= 15 is 0 Å². The van der Waals surface area contributed by atoms with Crippen LogP contribution in [0.4, 0.5) is 5.69 Å².